The Labute approximate surface area is 308 Å². The predicted octanol–water partition coefficient (Wildman–Crippen LogP) is 5.02. The number of fused-ring (bicyclic) bond motifs is 2. The van der Waals surface area contributed by atoms with Gasteiger partial charge in [0.15, 0.2) is 0 Å². The molecule has 4 heterocycles. The molecule has 3 atom stereocenters. The van der Waals surface area contributed by atoms with E-state index in [1.165, 1.54) is 24.2 Å². The van der Waals surface area contributed by atoms with Crippen LogP contribution in [0.25, 0.3) is 23.0 Å². The maximum absolute atomic E-state index is 13.9. The minimum Gasteiger partial charge on any atom is -0.453 e. The SMILES string of the molecule is COC(=O)Nc1ccc(-c2nc([C@H](CC(=O)N3C[C@H]4C[C@@H]3CN4C(=O)OC(C)(C)C)NC(=O)/C=C/c3cc(Cl)ccc3-n3cnnn3)[nH]c2Cl)cc1. The number of ether oxygens (including phenoxy) is 2. The Morgan fingerprint density at radius 2 is 1.79 bits per heavy atom. The van der Waals surface area contributed by atoms with Gasteiger partial charge < -0.3 is 29.6 Å². The van der Waals surface area contributed by atoms with Crippen molar-refractivity contribution in [2.24, 2.45) is 0 Å². The highest BCUT2D eigenvalue weighted by Crippen LogP contribution is 2.34. The molecule has 4 aromatic rings. The van der Waals surface area contributed by atoms with Gasteiger partial charge in [-0.1, -0.05) is 35.3 Å². The number of hydrogen-bond donors (Lipinski definition) is 3. The minimum atomic E-state index is -0.921. The molecule has 18 heteroatoms. The summed E-state index contributed by atoms with van der Waals surface area (Å²) in [7, 11) is 1.27. The first-order valence-electron chi connectivity index (χ1n) is 16.3. The highest BCUT2D eigenvalue weighted by atomic mass is 35.5. The number of rotatable bonds is 9. The molecule has 2 saturated heterocycles. The van der Waals surface area contributed by atoms with Gasteiger partial charge >= 0.3 is 12.2 Å². The first kappa shape index (κ1) is 36.3. The van der Waals surface area contributed by atoms with Gasteiger partial charge in [0.2, 0.25) is 11.8 Å². The van der Waals surface area contributed by atoms with Gasteiger partial charge in [-0.05, 0) is 74.0 Å². The molecular formula is C34H36Cl2N10O6. The average Bonchev–Trinajstić information content (AvgIpc) is 3.92. The number of nitrogens with zero attached hydrogens (tertiary/aromatic N) is 7. The first-order valence-corrected chi connectivity index (χ1v) is 17.0. The fraction of sp³-hybridized carbons (Fsp3) is 0.353. The number of anilines is 1. The Morgan fingerprint density at radius 1 is 1.06 bits per heavy atom. The standard InChI is InChI=1S/C34H36Cl2N10O6/c1-34(2,3)52-33(50)45-17-23-14-24(45)16-44(23)28(48)15-25(31-40-29(30(36)41-31)19-5-9-22(10-6-19)38-32(49)51-4)39-27(47)12-7-20-13-21(35)8-11-26(20)46-18-37-42-43-46/h5-13,18,23-25H,14-17H2,1-4H3,(H,38,49)(H,39,47)(H,40,41)/b12-7+/t23-,24-,25+/m1/s1. The largest absolute Gasteiger partial charge is 0.453 e. The molecule has 2 aromatic heterocycles. The number of carbonyl (C=O) groups is 4. The second kappa shape index (κ2) is 15.0. The van der Waals surface area contributed by atoms with Crippen molar-refractivity contribution >= 4 is 59.0 Å². The third-order valence-corrected chi connectivity index (χ3v) is 8.99. The summed E-state index contributed by atoms with van der Waals surface area (Å²) in [6.45, 7) is 6.13. The van der Waals surface area contributed by atoms with Gasteiger partial charge in [0.25, 0.3) is 0 Å². The zero-order valence-electron chi connectivity index (χ0n) is 28.7. The molecule has 0 radical (unpaired) electrons. The maximum Gasteiger partial charge on any atom is 0.411 e. The number of nitrogens with one attached hydrogen (secondary N) is 3. The Bertz CT molecular complexity index is 1990. The third kappa shape index (κ3) is 8.35. The lowest BCUT2D eigenvalue weighted by atomic mass is 10.1. The number of halogens is 2. The Morgan fingerprint density at radius 3 is 2.44 bits per heavy atom. The second-order valence-electron chi connectivity index (χ2n) is 13.3. The van der Waals surface area contributed by atoms with E-state index in [0.717, 1.165) is 0 Å². The number of amides is 4. The van der Waals surface area contributed by atoms with E-state index in [1.54, 1.807) is 58.3 Å². The summed E-state index contributed by atoms with van der Waals surface area (Å²) in [6.07, 6.45) is 3.76. The number of aromatic amines is 1. The summed E-state index contributed by atoms with van der Waals surface area (Å²) in [6, 6.07) is 10.5. The number of methoxy groups -OCH3 is 1. The predicted molar refractivity (Wildman–Crippen MR) is 191 cm³/mol. The van der Waals surface area contributed by atoms with Crippen molar-refractivity contribution in [2.45, 2.75) is 57.3 Å². The maximum atomic E-state index is 13.9. The Kier molecular flexibility index (Phi) is 10.5. The van der Waals surface area contributed by atoms with Gasteiger partial charge in [-0.3, -0.25) is 14.9 Å². The molecule has 6 rings (SSSR count). The van der Waals surface area contributed by atoms with Crippen LogP contribution in [0, 0.1) is 0 Å². The van der Waals surface area contributed by atoms with Crippen LogP contribution >= 0.6 is 23.2 Å². The third-order valence-electron chi connectivity index (χ3n) is 8.48. The highest BCUT2D eigenvalue weighted by Gasteiger charge is 2.48. The number of hydrogen-bond acceptors (Lipinski definition) is 10. The van der Waals surface area contributed by atoms with E-state index in [1.807, 2.05) is 20.8 Å². The first-order chi connectivity index (χ1) is 24.8. The number of piperazine rings is 1. The lowest BCUT2D eigenvalue weighted by molar-refractivity contribution is -0.134. The molecule has 2 bridgehead atoms. The minimum absolute atomic E-state index is 0.145. The van der Waals surface area contributed by atoms with Crippen LogP contribution in [0.15, 0.2) is 54.9 Å². The molecule has 2 fully saturated rings. The van der Waals surface area contributed by atoms with Gasteiger partial charge in [0.05, 0.1) is 37.3 Å². The molecule has 272 valence electrons. The van der Waals surface area contributed by atoms with Crippen LogP contribution in [0.3, 0.4) is 0 Å². The molecule has 2 aliphatic rings. The summed E-state index contributed by atoms with van der Waals surface area (Å²) in [5.41, 5.74) is 2.01. The summed E-state index contributed by atoms with van der Waals surface area (Å²) in [5.74, 6) is -0.496. The van der Waals surface area contributed by atoms with Crippen LogP contribution in [0.5, 0.6) is 0 Å². The van der Waals surface area contributed by atoms with Gasteiger partial charge in [0, 0.05) is 41.0 Å². The van der Waals surface area contributed by atoms with Crippen molar-refractivity contribution in [3.05, 3.63) is 76.4 Å². The second-order valence-corrected chi connectivity index (χ2v) is 14.1. The van der Waals surface area contributed by atoms with Crippen molar-refractivity contribution in [1.29, 1.82) is 0 Å². The number of carbonyl (C=O) groups excluding carboxylic acids is 4. The van der Waals surface area contributed by atoms with E-state index in [2.05, 4.69) is 35.9 Å². The molecule has 0 spiro atoms. The van der Waals surface area contributed by atoms with Crippen LogP contribution in [-0.2, 0) is 19.1 Å². The number of benzene rings is 2. The van der Waals surface area contributed by atoms with E-state index in [0.29, 0.717) is 52.7 Å². The van der Waals surface area contributed by atoms with Crippen molar-refractivity contribution < 1.29 is 28.7 Å². The van der Waals surface area contributed by atoms with Gasteiger partial charge in [0.1, 0.15) is 28.6 Å². The molecule has 3 N–H and O–H groups in total. The summed E-state index contributed by atoms with van der Waals surface area (Å²) in [5, 5.41) is 17.4. The quantitative estimate of drug-likeness (QED) is 0.196. The van der Waals surface area contributed by atoms with E-state index < -0.39 is 29.7 Å². The smallest absolute Gasteiger partial charge is 0.411 e. The monoisotopic (exact) mass is 750 g/mol. The molecule has 4 amide bonds. The van der Waals surface area contributed by atoms with E-state index in [9.17, 15) is 19.2 Å². The topological polar surface area (TPSA) is 190 Å². The van der Waals surface area contributed by atoms with Gasteiger partial charge in [-0.25, -0.2) is 14.6 Å². The van der Waals surface area contributed by atoms with Crippen LogP contribution in [-0.4, -0.2) is 102 Å². The fourth-order valence-electron chi connectivity index (χ4n) is 6.15. The van der Waals surface area contributed by atoms with E-state index in [4.69, 9.17) is 32.9 Å². The molecule has 2 aromatic carbocycles. The molecule has 0 saturated carbocycles. The molecular weight excluding hydrogens is 715 g/mol. The molecule has 16 nitrogen and oxygen atoms in total. The number of imidazole rings is 1. The molecule has 0 unspecified atom stereocenters. The molecule has 0 aliphatic carbocycles. The Balaban J connectivity index is 1.22. The molecule has 52 heavy (non-hydrogen) atoms. The van der Waals surface area contributed by atoms with Crippen molar-refractivity contribution in [3.63, 3.8) is 0 Å². The Hall–Kier alpha value is -5.48. The highest BCUT2D eigenvalue weighted by molar-refractivity contribution is 6.32. The van der Waals surface area contributed by atoms with E-state index in [-0.39, 0.29) is 35.4 Å². The van der Waals surface area contributed by atoms with E-state index >= 15 is 0 Å². The average molecular weight is 752 g/mol. The summed E-state index contributed by atoms with van der Waals surface area (Å²) in [4.78, 5) is 62.9. The number of likely N-dealkylation sites (tertiary alicyclic amines) is 2. The van der Waals surface area contributed by atoms with Crippen LogP contribution < -0.4 is 10.6 Å². The number of H-pyrrole nitrogens is 1. The number of aromatic nitrogens is 6. The zero-order chi connectivity index (χ0) is 37.2. The van der Waals surface area contributed by atoms with Gasteiger partial charge in [-0.15, -0.1) is 5.10 Å². The van der Waals surface area contributed by atoms with Crippen LogP contribution in [0.2, 0.25) is 10.2 Å². The summed E-state index contributed by atoms with van der Waals surface area (Å²) < 4.78 is 11.6. The van der Waals surface area contributed by atoms with Crippen molar-refractivity contribution in [1.82, 2.24) is 45.3 Å². The van der Waals surface area contributed by atoms with Crippen molar-refractivity contribution in [2.75, 3.05) is 25.5 Å². The zero-order valence-corrected chi connectivity index (χ0v) is 30.2. The summed E-state index contributed by atoms with van der Waals surface area (Å²) >= 11 is 12.9. The number of tetrazole rings is 1. The van der Waals surface area contributed by atoms with Crippen molar-refractivity contribution in [3.8, 4) is 16.9 Å². The lowest BCUT2D eigenvalue weighted by Gasteiger charge is -2.35. The fourth-order valence-corrected chi connectivity index (χ4v) is 6.58. The molecule has 2 aliphatic heterocycles. The van der Waals surface area contributed by atoms with Crippen LogP contribution in [0.1, 0.15) is 51.0 Å². The normalized spacial score (nSPS) is 17.3. The van der Waals surface area contributed by atoms with Crippen LogP contribution in [0.4, 0.5) is 15.3 Å². The van der Waals surface area contributed by atoms with Gasteiger partial charge in [-0.2, -0.15) is 4.68 Å². The lowest BCUT2D eigenvalue weighted by Crippen LogP contribution is -2.52.